The Kier molecular flexibility index (Phi) is 13.6. The number of carbonyl (C=O) groups is 4. The Morgan fingerprint density at radius 3 is 0.772 bits per heavy atom. The van der Waals surface area contributed by atoms with Gasteiger partial charge in [0, 0.05) is 68.1 Å². The summed E-state index contributed by atoms with van der Waals surface area (Å²) >= 11 is 0. The summed E-state index contributed by atoms with van der Waals surface area (Å²) in [5.74, 6) is -8.20. The molecule has 0 atom stereocenters. The van der Waals surface area contributed by atoms with Gasteiger partial charge < -0.3 is 49.3 Å². The topological polar surface area (TPSA) is 468 Å². The molecule has 8 bridgehead atoms. The molecule has 2 aliphatic heterocycles. The highest BCUT2D eigenvalue weighted by Gasteiger charge is 2.32. The zero-order valence-corrected chi connectivity index (χ0v) is 45.6. The minimum Gasteiger partial charge on any atom is -0.478 e. The number of aromatic carboxylic acids is 4. The predicted octanol–water partition coefficient (Wildman–Crippen LogP) is 12.5. The van der Waals surface area contributed by atoms with E-state index in [0.29, 0.717) is 0 Å². The van der Waals surface area contributed by atoms with Crippen molar-refractivity contribution in [2.24, 2.45) is 0 Å². The molecule has 6 N–H and O–H groups in total. The van der Waals surface area contributed by atoms with Crippen molar-refractivity contribution in [2.75, 3.05) is 0 Å². The van der Waals surface area contributed by atoms with E-state index in [1.807, 2.05) is 0 Å². The molecule has 2 aliphatic rings. The number of fused-ring (bicyclic) bond motifs is 20. The number of nitro benzene ring substituents is 4. The Balaban J connectivity index is 1.13. The Morgan fingerprint density at radius 2 is 0.533 bits per heavy atom. The van der Waals surface area contributed by atoms with Crippen LogP contribution in [-0.2, 0) is 0 Å². The zero-order valence-electron chi connectivity index (χ0n) is 45.6. The van der Waals surface area contributed by atoms with Gasteiger partial charge in [0.25, 0.3) is 0 Å². The van der Waals surface area contributed by atoms with Gasteiger partial charge in [-0.2, -0.15) is 0 Å². The molecule has 92 heavy (non-hydrogen) atoms. The molecular formula is C60H30N12O20. The first-order chi connectivity index (χ1) is 44.1. The zero-order chi connectivity index (χ0) is 64.5. The summed E-state index contributed by atoms with van der Waals surface area (Å²) in [5, 5.41) is 90.2. The lowest BCUT2D eigenvalue weighted by atomic mass is 10.1. The molecule has 8 aromatic carbocycles. The summed E-state index contributed by atoms with van der Waals surface area (Å²) in [4.78, 5) is 131. The van der Waals surface area contributed by atoms with Crippen molar-refractivity contribution >= 4 is 90.8 Å². The van der Waals surface area contributed by atoms with Gasteiger partial charge in [-0.3, -0.25) is 40.5 Å². The molecule has 3 aromatic heterocycles. The largest absolute Gasteiger partial charge is 0.478 e. The van der Waals surface area contributed by atoms with Gasteiger partial charge in [0.2, 0.25) is 23.0 Å². The van der Waals surface area contributed by atoms with E-state index >= 15 is 0 Å². The number of nitrogens with one attached hydrogen (secondary N) is 2. The molecule has 450 valence electrons. The third kappa shape index (κ3) is 10.4. The predicted molar refractivity (Wildman–Crippen MR) is 317 cm³/mol. The average Bonchev–Trinajstić information content (AvgIpc) is 1.59. The van der Waals surface area contributed by atoms with E-state index < -0.39 is 89.3 Å². The van der Waals surface area contributed by atoms with Crippen LogP contribution in [0.5, 0.6) is 46.0 Å². The number of benzene rings is 8. The molecule has 0 radical (unpaired) electrons. The maximum absolute atomic E-state index is 13.0. The molecular weight excluding hydrogens is 1210 g/mol. The monoisotopic (exact) mass is 1240 g/mol. The molecule has 0 saturated heterocycles. The maximum atomic E-state index is 13.0. The molecule has 0 spiro atoms. The third-order valence-corrected chi connectivity index (χ3v) is 14.3. The Morgan fingerprint density at radius 1 is 0.315 bits per heavy atom. The summed E-state index contributed by atoms with van der Waals surface area (Å²) in [5.41, 5.74) is -4.37. The number of H-pyrrole nitrogens is 2. The Hall–Kier alpha value is -14.2. The van der Waals surface area contributed by atoms with Crippen LogP contribution < -0.4 is 18.9 Å². The van der Waals surface area contributed by atoms with E-state index in [1.165, 1.54) is 121 Å². The fourth-order valence-electron chi connectivity index (χ4n) is 9.92. The van der Waals surface area contributed by atoms with Crippen LogP contribution in [-0.4, -0.2) is 104 Å². The smallest absolute Gasteiger partial charge is 0.335 e. The normalized spacial score (nSPS) is 11.3. The summed E-state index contributed by atoms with van der Waals surface area (Å²) in [6, 6.07) is 28.6. The lowest BCUT2D eigenvalue weighted by Crippen LogP contribution is -1.97. The quantitative estimate of drug-likeness (QED) is 0.0386. The summed E-state index contributed by atoms with van der Waals surface area (Å²) < 4.78 is 24.1. The van der Waals surface area contributed by atoms with Gasteiger partial charge in [-0.15, -0.1) is 0 Å². The van der Waals surface area contributed by atoms with Crippen molar-refractivity contribution in [3.05, 3.63) is 208 Å². The minimum absolute atomic E-state index is 0.00212. The van der Waals surface area contributed by atoms with E-state index in [1.54, 1.807) is 0 Å². The van der Waals surface area contributed by atoms with Crippen molar-refractivity contribution in [2.45, 2.75) is 0 Å². The molecule has 0 amide bonds. The SMILES string of the molecule is O=C(O)c1ccc(Oc2cc3c(cc2[N+](=O)[O-])-c2nc-3nc3[nH]c(nc4nc(nc5[nH]c(n2)c2cc(Oc6ccc(C(=O)O)cc6)c([N+](=O)[O-])cc52)-c2cc(Oc5ccc(C(=O)O)cc5)c([N+](=O)[O-])cc2-4)c2cc(Oc4ccc(C(=O)O)cc4)c([N+](=O)[O-])cc32)cc1. The summed E-state index contributed by atoms with van der Waals surface area (Å²) in [6.45, 7) is 0. The second-order valence-corrected chi connectivity index (χ2v) is 19.8. The number of aromatic amines is 2. The molecule has 11 aromatic rings. The van der Waals surface area contributed by atoms with E-state index in [2.05, 4.69) is 9.97 Å². The molecule has 0 saturated carbocycles. The lowest BCUT2D eigenvalue weighted by molar-refractivity contribution is -0.385. The van der Waals surface area contributed by atoms with Gasteiger partial charge in [-0.25, -0.2) is 49.1 Å². The molecule has 0 unspecified atom stereocenters. The number of ether oxygens (including phenoxy) is 4. The minimum atomic E-state index is -1.27. The molecule has 32 nitrogen and oxygen atoms in total. The van der Waals surface area contributed by atoms with Crippen LogP contribution in [0.4, 0.5) is 22.7 Å². The van der Waals surface area contributed by atoms with Crippen LogP contribution in [0.15, 0.2) is 146 Å². The van der Waals surface area contributed by atoms with Crippen LogP contribution in [0.1, 0.15) is 41.4 Å². The van der Waals surface area contributed by atoms with E-state index in [9.17, 15) is 80.1 Å². The van der Waals surface area contributed by atoms with Crippen LogP contribution >= 0.6 is 0 Å². The Bertz CT molecular complexity index is 4980. The van der Waals surface area contributed by atoms with Crippen LogP contribution in [0.25, 0.3) is 89.7 Å². The highest BCUT2D eigenvalue weighted by Crippen LogP contribution is 2.47. The van der Waals surface area contributed by atoms with Crippen LogP contribution in [0, 0.1) is 40.5 Å². The first-order valence-corrected chi connectivity index (χ1v) is 26.3. The standard InChI is InChI=1S/C60H30N12O20/c73-57(74)25-1-9-29(10-2-25)89-45-21-37-33(17-41(45)69(81)82)49-61-53(37)65-50-34-18-42(70(83)84)46(90-30-11-3-26(4-12-30)58(75)76)22-38(34)55(62-50)67-52-36-20-44(72(87)88)48(92-32-15-7-28(8-16-32)60(79)80)24-40(36)56(64-52)68-51-35-19-43(71(85)86)47(23-39(35)54(63-51)66-49)91-31-13-5-27(6-14-31)59(77)78/h1-24H,(H,73,74)(H,75,76)(H,77,78)(H,79,80)(H2,61,62,63,64,65,66,67,68). The van der Waals surface area contributed by atoms with Gasteiger partial charge in [0.05, 0.1) is 41.9 Å². The molecule has 13 rings (SSSR count). The number of carboxylic acid groups (broad SMARTS) is 4. The average molecular weight is 1240 g/mol. The number of nitro groups is 4. The van der Waals surface area contributed by atoms with Crippen molar-refractivity contribution in [1.29, 1.82) is 0 Å². The molecule has 32 heteroatoms. The van der Waals surface area contributed by atoms with E-state index in [-0.39, 0.29) is 135 Å². The number of rotatable bonds is 16. The number of carboxylic acids is 4. The number of aromatic nitrogens is 8. The maximum Gasteiger partial charge on any atom is 0.335 e. The van der Waals surface area contributed by atoms with E-state index in [4.69, 9.17) is 48.9 Å². The fraction of sp³-hybridized carbons (Fsp3) is 0. The van der Waals surface area contributed by atoms with Gasteiger partial charge in [0.1, 0.15) is 45.6 Å². The lowest BCUT2D eigenvalue weighted by Gasteiger charge is -2.09. The van der Waals surface area contributed by atoms with Crippen molar-refractivity contribution in [1.82, 2.24) is 39.9 Å². The molecule has 0 fully saturated rings. The van der Waals surface area contributed by atoms with Gasteiger partial charge in [-0.1, -0.05) is 0 Å². The Labute approximate surface area is 507 Å². The van der Waals surface area contributed by atoms with Crippen molar-refractivity contribution in [3.63, 3.8) is 0 Å². The van der Waals surface area contributed by atoms with E-state index in [0.717, 1.165) is 24.3 Å². The summed E-state index contributed by atoms with van der Waals surface area (Å²) in [6.07, 6.45) is 0. The van der Waals surface area contributed by atoms with Gasteiger partial charge in [0.15, 0.2) is 23.3 Å². The highest BCUT2D eigenvalue weighted by molar-refractivity contribution is 6.09. The fourth-order valence-corrected chi connectivity index (χ4v) is 9.92. The second kappa shape index (κ2) is 21.9. The number of nitrogens with zero attached hydrogens (tertiary/aromatic N) is 10. The number of hydrogen-bond donors (Lipinski definition) is 6. The van der Waals surface area contributed by atoms with Gasteiger partial charge in [-0.05, 0) is 121 Å². The first-order valence-electron chi connectivity index (χ1n) is 26.3. The third-order valence-electron chi connectivity index (χ3n) is 14.3. The summed E-state index contributed by atoms with van der Waals surface area (Å²) in [7, 11) is 0. The van der Waals surface area contributed by atoms with Crippen molar-refractivity contribution < 1.29 is 78.2 Å². The molecule has 5 heterocycles. The highest BCUT2D eigenvalue weighted by atomic mass is 16.6. The number of hydrogen-bond acceptors (Lipinski definition) is 22. The van der Waals surface area contributed by atoms with Crippen LogP contribution in [0.2, 0.25) is 0 Å². The molecule has 0 aliphatic carbocycles. The second-order valence-electron chi connectivity index (χ2n) is 19.8. The van der Waals surface area contributed by atoms with Crippen molar-refractivity contribution in [3.8, 4) is 91.5 Å². The van der Waals surface area contributed by atoms with Gasteiger partial charge >= 0.3 is 46.6 Å². The first kappa shape index (κ1) is 56.9. The van der Waals surface area contributed by atoms with Crippen LogP contribution in [0.3, 0.4) is 0 Å².